The molecule has 0 bridgehead atoms. The molecule has 10 heavy (non-hydrogen) atoms. The Hall–Kier alpha value is -0.240. The summed E-state index contributed by atoms with van der Waals surface area (Å²) in [5, 5.41) is 1.08. The van der Waals surface area contributed by atoms with Crippen molar-refractivity contribution in [2.45, 2.75) is 20.8 Å². The van der Waals surface area contributed by atoms with E-state index in [2.05, 4.69) is 25.4 Å². The van der Waals surface area contributed by atoms with Crippen LogP contribution in [0.1, 0.15) is 20.8 Å². The van der Waals surface area contributed by atoms with Crippen LogP contribution < -0.4 is 0 Å². The van der Waals surface area contributed by atoms with Gasteiger partial charge in [-0.25, -0.2) is 0 Å². The lowest BCUT2D eigenvalue weighted by Gasteiger charge is -2.06. The van der Waals surface area contributed by atoms with Crippen LogP contribution in [0.2, 0.25) is 0 Å². The number of thioether (sulfide) groups is 1. The maximum atomic E-state index is 4.03. The van der Waals surface area contributed by atoms with Gasteiger partial charge in [-0.1, -0.05) is 32.2 Å². The lowest BCUT2D eigenvalue weighted by atomic mass is 10.2. The van der Waals surface area contributed by atoms with Gasteiger partial charge in [0.25, 0.3) is 0 Å². The summed E-state index contributed by atoms with van der Waals surface area (Å²) >= 11 is 1.66. The van der Waals surface area contributed by atoms with Crippen molar-refractivity contribution in [1.29, 1.82) is 0 Å². The zero-order chi connectivity index (χ0) is 8.15. The Balaban J connectivity index is 3.81. The van der Waals surface area contributed by atoms with Gasteiger partial charge in [-0.05, 0) is 17.7 Å². The topological polar surface area (TPSA) is 12.4 Å². The molecule has 0 aliphatic carbocycles. The van der Waals surface area contributed by atoms with Crippen LogP contribution in [-0.4, -0.2) is 12.1 Å². The predicted octanol–water partition coefficient (Wildman–Crippen LogP) is 2.94. The second-order valence-electron chi connectivity index (χ2n) is 2.47. The van der Waals surface area contributed by atoms with Crippen LogP contribution in [0.15, 0.2) is 16.5 Å². The molecule has 0 heterocycles. The van der Waals surface area contributed by atoms with Gasteiger partial charge in [0, 0.05) is 7.05 Å². The molecule has 0 radical (unpaired) electrons. The summed E-state index contributed by atoms with van der Waals surface area (Å²) in [5.41, 5.74) is 0. The van der Waals surface area contributed by atoms with E-state index in [1.54, 1.807) is 18.8 Å². The van der Waals surface area contributed by atoms with E-state index in [4.69, 9.17) is 0 Å². The van der Waals surface area contributed by atoms with Gasteiger partial charge in [-0.3, -0.25) is 4.99 Å². The fourth-order valence-corrected chi connectivity index (χ4v) is 1.06. The van der Waals surface area contributed by atoms with Crippen molar-refractivity contribution in [2.75, 3.05) is 7.05 Å². The third kappa shape index (κ3) is 3.72. The highest BCUT2D eigenvalue weighted by Gasteiger charge is 2.01. The van der Waals surface area contributed by atoms with E-state index >= 15 is 0 Å². The molecule has 0 saturated heterocycles. The minimum atomic E-state index is 0.543. The molecule has 0 fully saturated rings. The first-order chi connectivity index (χ1) is 4.57. The molecule has 0 aromatic carbocycles. The van der Waals surface area contributed by atoms with Crippen molar-refractivity contribution < 1.29 is 0 Å². The van der Waals surface area contributed by atoms with Gasteiger partial charge in [0.15, 0.2) is 0 Å². The molecule has 0 N–H and O–H groups in total. The first-order valence-electron chi connectivity index (χ1n) is 3.38. The van der Waals surface area contributed by atoms with Gasteiger partial charge in [0.1, 0.15) is 0 Å². The molecule has 2 heteroatoms. The van der Waals surface area contributed by atoms with Gasteiger partial charge in [-0.15, -0.1) is 0 Å². The second kappa shape index (κ2) is 4.56. The van der Waals surface area contributed by atoms with Crippen molar-refractivity contribution in [3.63, 3.8) is 0 Å². The standard InChI is InChI=1S/C8H15NS/c1-6(2)7(3)10-8(4)9-5/h6H,3H2,1-2,4-5H3/b9-8-. The maximum Gasteiger partial charge on any atom is 0.0685 e. The summed E-state index contributed by atoms with van der Waals surface area (Å²) in [6.07, 6.45) is 0. The number of aliphatic imine (C=N–C) groups is 1. The van der Waals surface area contributed by atoms with E-state index in [9.17, 15) is 0 Å². The Morgan fingerprint density at radius 1 is 1.50 bits per heavy atom. The number of nitrogens with zero attached hydrogens (tertiary/aromatic N) is 1. The van der Waals surface area contributed by atoms with Crippen molar-refractivity contribution in [3.8, 4) is 0 Å². The Labute approximate surface area is 67.6 Å². The zero-order valence-corrected chi connectivity index (χ0v) is 7.96. The van der Waals surface area contributed by atoms with E-state index in [0.29, 0.717) is 5.92 Å². The van der Waals surface area contributed by atoms with Crippen LogP contribution in [-0.2, 0) is 0 Å². The number of allylic oxidation sites excluding steroid dienone is 1. The van der Waals surface area contributed by atoms with Crippen molar-refractivity contribution in [1.82, 2.24) is 0 Å². The van der Waals surface area contributed by atoms with E-state index in [-0.39, 0.29) is 0 Å². The van der Waals surface area contributed by atoms with Crippen LogP contribution in [0, 0.1) is 5.92 Å². The molecule has 0 aromatic heterocycles. The predicted molar refractivity (Wildman–Crippen MR) is 50.6 cm³/mol. The molecule has 0 aromatic rings. The Bertz CT molecular complexity index is 147. The van der Waals surface area contributed by atoms with Gasteiger partial charge < -0.3 is 0 Å². The molecule has 58 valence electrons. The van der Waals surface area contributed by atoms with E-state index < -0.39 is 0 Å². The minimum absolute atomic E-state index is 0.543. The average molecular weight is 157 g/mol. The average Bonchev–Trinajstić information content (AvgIpc) is 1.87. The van der Waals surface area contributed by atoms with Gasteiger partial charge in [0.05, 0.1) is 5.04 Å². The summed E-state index contributed by atoms with van der Waals surface area (Å²) < 4.78 is 0. The summed E-state index contributed by atoms with van der Waals surface area (Å²) in [4.78, 5) is 5.21. The SMILES string of the molecule is C=C(S/C(C)=N\C)C(C)C. The van der Waals surface area contributed by atoms with Crippen LogP contribution in [0.5, 0.6) is 0 Å². The van der Waals surface area contributed by atoms with Crippen molar-refractivity contribution in [2.24, 2.45) is 10.9 Å². The van der Waals surface area contributed by atoms with Crippen LogP contribution in [0.25, 0.3) is 0 Å². The van der Waals surface area contributed by atoms with Crippen molar-refractivity contribution in [3.05, 3.63) is 11.5 Å². The fourth-order valence-electron chi connectivity index (χ4n) is 0.353. The first-order valence-corrected chi connectivity index (χ1v) is 4.19. The number of rotatable bonds is 2. The first kappa shape index (κ1) is 9.76. The molecule has 0 rings (SSSR count). The summed E-state index contributed by atoms with van der Waals surface area (Å²) in [5.74, 6) is 0.543. The quantitative estimate of drug-likeness (QED) is 0.443. The van der Waals surface area contributed by atoms with Gasteiger partial charge in [-0.2, -0.15) is 0 Å². The van der Waals surface area contributed by atoms with Crippen molar-refractivity contribution >= 4 is 16.8 Å². The van der Waals surface area contributed by atoms with Crippen LogP contribution in [0.4, 0.5) is 0 Å². The molecule has 0 amide bonds. The summed E-state index contributed by atoms with van der Waals surface area (Å²) in [7, 11) is 1.80. The highest BCUT2D eigenvalue weighted by Crippen LogP contribution is 2.22. The smallest absolute Gasteiger partial charge is 0.0685 e. The zero-order valence-electron chi connectivity index (χ0n) is 7.14. The lowest BCUT2D eigenvalue weighted by molar-refractivity contribution is 0.821. The molecule has 1 nitrogen and oxygen atoms in total. The molecule has 0 aliphatic heterocycles. The van der Waals surface area contributed by atoms with Gasteiger partial charge in [0.2, 0.25) is 0 Å². The second-order valence-corrected chi connectivity index (χ2v) is 3.79. The van der Waals surface area contributed by atoms with Crippen LogP contribution in [0.3, 0.4) is 0 Å². The van der Waals surface area contributed by atoms with Crippen LogP contribution >= 0.6 is 11.8 Å². The van der Waals surface area contributed by atoms with E-state index in [1.165, 1.54) is 4.91 Å². The number of hydrogen-bond acceptors (Lipinski definition) is 2. The normalized spacial score (nSPS) is 12.3. The largest absolute Gasteiger partial charge is 0.286 e. The summed E-state index contributed by atoms with van der Waals surface area (Å²) in [6.45, 7) is 10.2. The molecule has 0 aliphatic rings. The molecular formula is C8H15NS. The summed E-state index contributed by atoms with van der Waals surface area (Å²) in [6, 6.07) is 0. The minimum Gasteiger partial charge on any atom is -0.286 e. The van der Waals surface area contributed by atoms with E-state index in [0.717, 1.165) is 5.04 Å². The third-order valence-corrected chi connectivity index (χ3v) is 2.45. The lowest BCUT2D eigenvalue weighted by Crippen LogP contribution is -1.91. The molecule has 0 atom stereocenters. The maximum absolute atomic E-state index is 4.03. The number of hydrogen-bond donors (Lipinski definition) is 0. The fraction of sp³-hybridized carbons (Fsp3) is 0.625. The monoisotopic (exact) mass is 157 g/mol. The molecule has 0 spiro atoms. The highest BCUT2D eigenvalue weighted by molar-refractivity contribution is 8.17. The molecular weight excluding hydrogens is 142 g/mol. The Kier molecular flexibility index (Phi) is 4.45. The Morgan fingerprint density at radius 3 is 2.30 bits per heavy atom. The van der Waals surface area contributed by atoms with Gasteiger partial charge >= 0.3 is 0 Å². The molecule has 0 unspecified atom stereocenters. The third-order valence-electron chi connectivity index (χ3n) is 1.24. The Morgan fingerprint density at radius 2 is 2.00 bits per heavy atom. The van der Waals surface area contributed by atoms with E-state index in [1.807, 2.05) is 6.92 Å². The highest BCUT2D eigenvalue weighted by atomic mass is 32.2. The molecule has 0 saturated carbocycles.